The summed E-state index contributed by atoms with van der Waals surface area (Å²) in [4.78, 5) is 0. The molecule has 0 radical (unpaired) electrons. The van der Waals surface area contributed by atoms with Crippen LogP contribution in [0.5, 0.6) is 0 Å². The summed E-state index contributed by atoms with van der Waals surface area (Å²) in [6, 6.07) is 0. The lowest BCUT2D eigenvalue weighted by atomic mass is 9.97. The Morgan fingerprint density at radius 1 is 1.12 bits per heavy atom. The van der Waals surface area contributed by atoms with Gasteiger partial charge in [0.2, 0.25) is 0 Å². The molecule has 0 rings (SSSR count). The first-order chi connectivity index (χ1) is 7.99. The van der Waals surface area contributed by atoms with Gasteiger partial charge in [-0.05, 0) is 37.3 Å². The molecule has 0 heterocycles. The van der Waals surface area contributed by atoms with E-state index in [1.54, 1.807) is 7.11 Å². The van der Waals surface area contributed by atoms with Crippen molar-refractivity contribution in [3.05, 3.63) is 0 Å². The van der Waals surface area contributed by atoms with E-state index in [1.807, 2.05) is 0 Å². The zero-order valence-corrected chi connectivity index (χ0v) is 12.6. The van der Waals surface area contributed by atoms with Crippen LogP contribution in [0.4, 0.5) is 0 Å². The number of methoxy groups -OCH3 is 1. The predicted molar refractivity (Wildman–Crippen MR) is 76.4 cm³/mol. The third-order valence-electron chi connectivity index (χ3n) is 3.10. The Morgan fingerprint density at radius 3 is 2.35 bits per heavy atom. The molecule has 1 unspecified atom stereocenters. The van der Waals surface area contributed by atoms with Crippen LogP contribution in [0.3, 0.4) is 0 Å². The lowest BCUT2D eigenvalue weighted by Gasteiger charge is -2.18. The molecule has 1 N–H and O–H groups in total. The zero-order valence-electron chi connectivity index (χ0n) is 12.6. The zero-order chi connectivity index (χ0) is 13.1. The minimum absolute atomic E-state index is 0.409. The molecule has 0 saturated carbocycles. The van der Waals surface area contributed by atoms with Crippen molar-refractivity contribution < 1.29 is 4.74 Å². The quantitative estimate of drug-likeness (QED) is 0.588. The maximum atomic E-state index is 5.22. The molecule has 0 aromatic heterocycles. The van der Waals surface area contributed by atoms with Gasteiger partial charge in [0.05, 0.1) is 0 Å². The van der Waals surface area contributed by atoms with Crippen molar-refractivity contribution in [1.29, 1.82) is 0 Å². The number of hydrogen-bond acceptors (Lipinski definition) is 2. The average Bonchev–Trinajstić information content (AvgIpc) is 2.24. The van der Waals surface area contributed by atoms with E-state index in [1.165, 1.54) is 38.6 Å². The largest absolute Gasteiger partial charge is 0.384 e. The Morgan fingerprint density at radius 2 is 1.82 bits per heavy atom. The van der Waals surface area contributed by atoms with Gasteiger partial charge in [-0.15, -0.1) is 0 Å². The number of rotatable bonds is 10. The molecule has 104 valence electrons. The van der Waals surface area contributed by atoms with Gasteiger partial charge < -0.3 is 10.1 Å². The summed E-state index contributed by atoms with van der Waals surface area (Å²) >= 11 is 0. The number of hydrogen-bond donors (Lipinski definition) is 1. The van der Waals surface area contributed by atoms with Gasteiger partial charge in [0.1, 0.15) is 0 Å². The summed E-state index contributed by atoms with van der Waals surface area (Å²) in [7, 11) is 1.80. The van der Waals surface area contributed by atoms with Crippen molar-refractivity contribution in [2.24, 2.45) is 11.3 Å². The highest BCUT2D eigenvalue weighted by molar-refractivity contribution is 4.64. The molecule has 0 aliphatic rings. The monoisotopic (exact) mass is 243 g/mol. The van der Waals surface area contributed by atoms with E-state index in [9.17, 15) is 0 Å². The topological polar surface area (TPSA) is 21.3 Å². The molecule has 0 aliphatic carbocycles. The molecule has 17 heavy (non-hydrogen) atoms. The highest BCUT2D eigenvalue weighted by atomic mass is 16.5. The van der Waals surface area contributed by atoms with Crippen molar-refractivity contribution >= 4 is 0 Å². The van der Waals surface area contributed by atoms with E-state index in [4.69, 9.17) is 4.74 Å². The second-order valence-corrected chi connectivity index (χ2v) is 6.32. The van der Waals surface area contributed by atoms with Gasteiger partial charge in [0.25, 0.3) is 0 Å². The van der Waals surface area contributed by atoms with Gasteiger partial charge in [-0.2, -0.15) is 0 Å². The third kappa shape index (κ3) is 12.2. The summed E-state index contributed by atoms with van der Waals surface area (Å²) < 4.78 is 5.22. The highest BCUT2D eigenvalue weighted by Crippen LogP contribution is 2.14. The summed E-state index contributed by atoms with van der Waals surface area (Å²) in [5.41, 5.74) is 0.409. The number of nitrogens with one attached hydrogen (secondary N) is 1. The van der Waals surface area contributed by atoms with Gasteiger partial charge in [0.15, 0.2) is 0 Å². The van der Waals surface area contributed by atoms with Crippen LogP contribution in [0.1, 0.15) is 59.8 Å². The van der Waals surface area contributed by atoms with E-state index >= 15 is 0 Å². The highest BCUT2D eigenvalue weighted by Gasteiger charge is 2.08. The first-order valence-corrected chi connectivity index (χ1v) is 7.19. The van der Waals surface area contributed by atoms with Crippen LogP contribution >= 0.6 is 0 Å². The van der Waals surface area contributed by atoms with Gasteiger partial charge in [-0.1, -0.05) is 47.0 Å². The summed E-state index contributed by atoms with van der Waals surface area (Å²) in [5, 5.41) is 3.53. The van der Waals surface area contributed by atoms with Gasteiger partial charge in [-0.3, -0.25) is 0 Å². The maximum absolute atomic E-state index is 5.22. The molecular weight excluding hydrogens is 210 g/mol. The lowest BCUT2D eigenvalue weighted by Crippen LogP contribution is -2.27. The molecule has 1 atom stereocenters. The summed E-state index contributed by atoms with van der Waals surface area (Å²) in [6.45, 7) is 12.3. The second kappa shape index (κ2) is 9.90. The van der Waals surface area contributed by atoms with E-state index < -0.39 is 0 Å². The van der Waals surface area contributed by atoms with E-state index in [2.05, 4.69) is 33.0 Å². The van der Waals surface area contributed by atoms with Crippen molar-refractivity contribution in [2.45, 2.75) is 59.8 Å². The second-order valence-electron chi connectivity index (χ2n) is 6.32. The van der Waals surface area contributed by atoms with Crippen molar-refractivity contribution in [2.75, 3.05) is 26.8 Å². The molecule has 0 bridgehead atoms. The molecule has 0 fully saturated rings. The Balaban J connectivity index is 3.28. The Kier molecular flexibility index (Phi) is 9.85. The Labute approximate surface area is 109 Å². The fraction of sp³-hybridized carbons (Fsp3) is 1.00. The van der Waals surface area contributed by atoms with Gasteiger partial charge >= 0.3 is 0 Å². The van der Waals surface area contributed by atoms with Gasteiger partial charge in [0, 0.05) is 13.7 Å². The van der Waals surface area contributed by atoms with Crippen molar-refractivity contribution in [3.8, 4) is 0 Å². The van der Waals surface area contributed by atoms with Crippen LogP contribution in [0.15, 0.2) is 0 Å². The van der Waals surface area contributed by atoms with Crippen LogP contribution in [-0.2, 0) is 4.74 Å². The first kappa shape index (κ1) is 16.9. The van der Waals surface area contributed by atoms with E-state index in [-0.39, 0.29) is 0 Å². The van der Waals surface area contributed by atoms with Crippen LogP contribution in [0.2, 0.25) is 0 Å². The standard InChI is InChI=1S/C15H33NO/c1-6-14(12-17-5)10-8-7-9-11-16-13-15(2,3)4/h14,16H,6-13H2,1-5H3. The molecule has 0 aromatic rings. The number of unbranched alkanes of at least 4 members (excludes halogenated alkanes) is 2. The Bertz CT molecular complexity index is 163. The minimum atomic E-state index is 0.409. The summed E-state index contributed by atoms with van der Waals surface area (Å²) in [6.07, 6.45) is 6.57. The predicted octanol–water partition coefficient (Wildman–Crippen LogP) is 3.86. The molecule has 0 amide bonds. The molecule has 2 nitrogen and oxygen atoms in total. The fourth-order valence-corrected chi connectivity index (χ4v) is 1.96. The van der Waals surface area contributed by atoms with Crippen LogP contribution < -0.4 is 5.32 Å². The molecule has 0 saturated heterocycles. The minimum Gasteiger partial charge on any atom is -0.384 e. The lowest BCUT2D eigenvalue weighted by molar-refractivity contribution is 0.144. The van der Waals surface area contributed by atoms with Crippen molar-refractivity contribution in [3.63, 3.8) is 0 Å². The Hall–Kier alpha value is -0.0800. The average molecular weight is 243 g/mol. The molecule has 0 aliphatic heterocycles. The van der Waals surface area contributed by atoms with Crippen molar-refractivity contribution in [1.82, 2.24) is 5.32 Å². The normalized spacial score (nSPS) is 13.9. The SMILES string of the molecule is CCC(CCCCCNCC(C)(C)C)COC. The van der Waals surface area contributed by atoms with E-state index in [0.29, 0.717) is 5.41 Å². The summed E-state index contributed by atoms with van der Waals surface area (Å²) in [5.74, 6) is 0.766. The first-order valence-electron chi connectivity index (χ1n) is 7.19. The maximum Gasteiger partial charge on any atom is 0.0490 e. The number of ether oxygens (including phenoxy) is 1. The van der Waals surface area contributed by atoms with Crippen LogP contribution in [0.25, 0.3) is 0 Å². The molecule has 0 spiro atoms. The molecular formula is C15H33NO. The van der Waals surface area contributed by atoms with Crippen LogP contribution in [-0.4, -0.2) is 26.8 Å². The smallest absolute Gasteiger partial charge is 0.0490 e. The van der Waals surface area contributed by atoms with Gasteiger partial charge in [-0.25, -0.2) is 0 Å². The third-order valence-corrected chi connectivity index (χ3v) is 3.10. The van der Waals surface area contributed by atoms with Crippen LogP contribution in [0, 0.1) is 11.3 Å². The fourth-order valence-electron chi connectivity index (χ4n) is 1.96. The molecule has 0 aromatic carbocycles. The van der Waals surface area contributed by atoms with E-state index in [0.717, 1.165) is 19.1 Å². The molecule has 2 heteroatoms.